The minimum absolute atomic E-state index is 0.00428. The molecule has 14 nitrogen and oxygen atoms in total. The Morgan fingerprint density at radius 2 is 1.62 bits per heavy atom. The van der Waals surface area contributed by atoms with Gasteiger partial charge in [0.1, 0.15) is 17.4 Å². The first-order valence-corrected chi connectivity index (χ1v) is 21.5. The number of carbonyl (C=O) groups excluding carboxylic acids is 4. The molecule has 2 saturated heterocycles. The molecule has 2 fully saturated rings. The number of carbonyl (C=O) groups is 4. The maximum absolute atomic E-state index is 14.1. The molecule has 2 aliphatic rings. The third kappa shape index (κ3) is 8.23. The lowest BCUT2D eigenvalue weighted by Crippen LogP contribution is -2.63. The summed E-state index contributed by atoms with van der Waals surface area (Å²) < 4.78 is 10.7. The van der Waals surface area contributed by atoms with Gasteiger partial charge in [-0.05, 0) is 97.5 Å². The average Bonchev–Trinajstić information content (AvgIpc) is 4.07. The van der Waals surface area contributed by atoms with E-state index in [1.54, 1.807) is 18.3 Å². The van der Waals surface area contributed by atoms with Gasteiger partial charge in [0.25, 0.3) is 0 Å². The second kappa shape index (κ2) is 17.1. The SMILES string of the molecule is COC(=O)NC(C(=O)N1CCCC1CNc1nc2ccc(-c3ccc4cc(-c5cnc(C6(C)CCCN6C(=O)C(C)(NC(=O)OC)C(C)C)[nH]5)ccc4c3)cc2s1)C(C)C. The number of methoxy groups -OCH3 is 2. The summed E-state index contributed by atoms with van der Waals surface area (Å²) in [6.07, 6.45) is 3.92. The molecule has 0 saturated carbocycles. The number of imidazole rings is 1. The number of ether oxygens (including phenoxy) is 2. The maximum Gasteiger partial charge on any atom is 0.407 e. The van der Waals surface area contributed by atoms with Gasteiger partial charge in [0.15, 0.2) is 5.13 Å². The maximum atomic E-state index is 14.1. The fourth-order valence-electron chi connectivity index (χ4n) is 8.46. The van der Waals surface area contributed by atoms with Gasteiger partial charge in [0.2, 0.25) is 11.8 Å². The number of aromatic amines is 1. The Morgan fingerprint density at radius 1 is 0.933 bits per heavy atom. The van der Waals surface area contributed by atoms with Crippen LogP contribution in [0.2, 0.25) is 0 Å². The van der Waals surface area contributed by atoms with Gasteiger partial charge >= 0.3 is 12.2 Å². The Hall–Kier alpha value is -5.70. The summed E-state index contributed by atoms with van der Waals surface area (Å²) >= 11 is 1.59. The van der Waals surface area contributed by atoms with Crippen molar-refractivity contribution in [3.8, 4) is 22.4 Å². The van der Waals surface area contributed by atoms with E-state index in [0.717, 1.165) is 74.2 Å². The standard InChI is InChI=1S/C45H56N8O6S/c1-26(2)37(50-42(56)58-7)38(54)52-19-9-11-33(52)24-47-41-49-34-17-16-31(23-36(34)60-41)29-12-13-30-22-32(15-14-28(30)21-29)35-25-46-39(48-35)44(5)18-10-20-53(44)40(55)45(6,27(3)4)51-43(57)59-8/h12-17,21-23,25-27,33,37H,9-11,18-20,24H2,1-8H3,(H,46,48)(H,47,49)(H,50,56)(H,51,57). The lowest BCUT2D eigenvalue weighted by Gasteiger charge is -2.42. The molecule has 60 heavy (non-hydrogen) atoms. The van der Waals surface area contributed by atoms with Crippen LogP contribution in [0.25, 0.3) is 43.4 Å². The number of anilines is 1. The van der Waals surface area contributed by atoms with Crippen molar-refractivity contribution in [2.75, 3.05) is 39.2 Å². The van der Waals surface area contributed by atoms with Crippen LogP contribution < -0.4 is 16.0 Å². The van der Waals surface area contributed by atoms with Crippen LogP contribution in [0, 0.1) is 11.8 Å². The fourth-order valence-corrected chi connectivity index (χ4v) is 9.37. The lowest BCUT2D eigenvalue weighted by molar-refractivity contribution is -0.144. The molecule has 0 spiro atoms. The number of rotatable bonds is 12. The third-order valence-corrected chi connectivity index (χ3v) is 13.5. The Morgan fingerprint density at radius 3 is 2.32 bits per heavy atom. The van der Waals surface area contributed by atoms with Crippen LogP contribution in [0.3, 0.4) is 0 Å². The number of alkyl carbamates (subject to hydrolysis) is 2. The molecular formula is C45H56N8O6S. The zero-order valence-corrected chi connectivity index (χ0v) is 36.5. The number of nitrogens with one attached hydrogen (secondary N) is 4. The van der Waals surface area contributed by atoms with E-state index in [9.17, 15) is 19.2 Å². The Balaban J connectivity index is 1.04. The molecule has 7 rings (SSSR count). The molecule has 15 heteroatoms. The van der Waals surface area contributed by atoms with Crippen LogP contribution in [0.5, 0.6) is 0 Å². The highest BCUT2D eigenvalue weighted by Crippen LogP contribution is 2.41. The minimum Gasteiger partial charge on any atom is -0.453 e. The molecule has 2 aliphatic heterocycles. The Bertz CT molecular complexity index is 2410. The predicted octanol–water partition coefficient (Wildman–Crippen LogP) is 7.90. The number of H-pyrrole nitrogens is 1. The smallest absolute Gasteiger partial charge is 0.407 e. The molecule has 3 aromatic carbocycles. The van der Waals surface area contributed by atoms with Crippen molar-refractivity contribution in [2.45, 2.75) is 90.4 Å². The summed E-state index contributed by atoms with van der Waals surface area (Å²) in [6, 6.07) is 18.5. The van der Waals surface area contributed by atoms with Gasteiger partial charge in [-0.25, -0.2) is 19.6 Å². The number of aromatic nitrogens is 3. The number of thiazole rings is 1. The van der Waals surface area contributed by atoms with Crippen LogP contribution in [-0.4, -0.2) is 100 Å². The van der Waals surface area contributed by atoms with Crippen LogP contribution in [0.1, 0.15) is 73.1 Å². The van der Waals surface area contributed by atoms with Gasteiger partial charge in [0.05, 0.1) is 41.9 Å². The number of nitrogens with zero attached hydrogens (tertiary/aromatic N) is 4. The van der Waals surface area contributed by atoms with E-state index in [1.165, 1.54) is 14.2 Å². The third-order valence-electron chi connectivity index (χ3n) is 12.5. The molecule has 4 heterocycles. The van der Waals surface area contributed by atoms with Gasteiger partial charge in [0, 0.05) is 31.2 Å². The van der Waals surface area contributed by atoms with Gasteiger partial charge in [-0.1, -0.05) is 69.4 Å². The molecule has 0 radical (unpaired) electrons. The van der Waals surface area contributed by atoms with Crippen LogP contribution >= 0.6 is 11.3 Å². The van der Waals surface area contributed by atoms with Gasteiger partial charge in [-0.15, -0.1) is 0 Å². The van der Waals surface area contributed by atoms with Crippen molar-refractivity contribution in [1.29, 1.82) is 0 Å². The summed E-state index contributed by atoms with van der Waals surface area (Å²) in [4.78, 5) is 68.7. The highest BCUT2D eigenvalue weighted by molar-refractivity contribution is 7.22. The molecule has 2 aromatic heterocycles. The monoisotopic (exact) mass is 836 g/mol. The summed E-state index contributed by atoms with van der Waals surface area (Å²) in [7, 11) is 2.60. The lowest BCUT2D eigenvalue weighted by atomic mass is 9.85. The van der Waals surface area contributed by atoms with Crippen molar-refractivity contribution in [2.24, 2.45) is 11.8 Å². The number of fused-ring (bicyclic) bond motifs is 2. The Kier molecular flexibility index (Phi) is 12.1. The van der Waals surface area contributed by atoms with Gasteiger partial charge in [-0.3, -0.25) is 9.59 Å². The van der Waals surface area contributed by atoms with Crippen LogP contribution in [0.15, 0.2) is 60.8 Å². The molecule has 4 amide bonds. The first-order valence-electron chi connectivity index (χ1n) is 20.7. The van der Waals surface area contributed by atoms with Crippen LogP contribution in [-0.2, 0) is 24.6 Å². The van der Waals surface area contributed by atoms with Crippen molar-refractivity contribution < 1.29 is 28.7 Å². The molecular weight excluding hydrogens is 781 g/mol. The van der Waals surface area contributed by atoms with E-state index in [0.29, 0.717) is 25.5 Å². The second-order valence-corrected chi connectivity index (χ2v) is 18.0. The quantitative estimate of drug-likeness (QED) is 0.0976. The molecule has 0 aliphatic carbocycles. The minimum atomic E-state index is -1.15. The molecule has 0 bridgehead atoms. The molecule has 5 aromatic rings. The van der Waals surface area contributed by atoms with E-state index in [4.69, 9.17) is 19.4 Å². The number of hydrogen-bond acceptors (Lipinski definition) is 10. The molecule has 318 valence electrons. The van der Waals surface area contributed by atoms with Crippen molar-refractivity contribution in [1.82, 2.24) is 35.4 Å². The molecule has 4 N–H and O–H groups in total. The van der Waals surface area contributed by atoms with Gasteiger partial charge in [-0.2, -0.15) is 0 Å². The van der Waals surface area contributed by atoms with Crippen LogP contribution in [0.4, 0.5) is 14.7 Å². The first kappa shape index (κ1) is 42.4. The van der Waals surface area contributed by atoms with E-state index < -0.39 is 29.3 Å². The summed E-state index contributed by atoms with van der Waals surface area (Å²) in [5, 5.41) is 12.0. The highest BCUT2D eigenvalue weighted by atomic mass is 32.1. The van der Waals surface area contributed by atoms with E-state index in [1.807, 2.05) is 56.7 Å². The van der Waals surface area contributed by atoms with Crippen molar-refractivity contribution >= 4 is 61.5 Å². The molecule has 4 unspecified atom stereocenters. The zero-order chi connectivity index (χ0) is 42.9. The average molecular weight is 837 g/mol. The van der Waals surface area contributed by atoms with E-state index >= 15 is 0 Å². The van der Waals surface area contributed by atoms with Crippen molar-refractivity contribution in [3.05, 3.63) is 66.6 Å². The second-order valence-electron chi connectivity index (χ2n) is 17.0. The van der Waals surface area contributed by atoms with Gasteiger partial charge < -0.3 is 40.2 Å². The zero-order valence-electron chi connectivity index (χ0n) is 35.7. The van der Waals surface area contributed by atoms with E-state index in [-0.39, 0.29) is 29.7 Å². The van der Waals surface area contributed by atoms with Crippen molar-refractivity contribution in [3.63, 3.8) is 0 Å². The fraction of sp³-hybridized carbons (Fsp3) is 0.467. The number of amides is 4. The highest BCUT2D eigenvalue weighted by Gasteiger charge is 2.50. The molecule has 4 atom stereocenters. The Labute approximate surface area is 354 Å². The predicted molar refractivity (Wildman–Crippen MR) is 235 cm³/mol. The summed E-state index contributed by atoms with van der Waals surface area (Å²) in [5.74, 6) is 0.205. The number of benzene rings is 3. The summed E-state index contributed by atoms with van der Waals surface area (Å²) in [6.45, 7) is 13.2. The topological polar surface area (TPSA) is 171 Å². The largest absolute Gasteiger partial charge is 0.453 e. The van der Waals surface area contributed by atoms with E-state index in [2.05, 4.69) is 69.5 Å². The normalized spacial score (nSPS) is 19.5. The summed E-state index contributed by atoms with van der Waals surface area (Å²) in [5.41, 5.74) is 3.12. The first-order chi connectivity index (χ1) is 28.6. The number of likely N-dealkylation sites (tertiary alicyclic amines) is 2. The number of hydrogen-bond donors (Lipinski definition) is 4.